The van der Waals surface area contributed by atoms with Gasteiger partial charge in [-0.3, -0.25) is 18.8 Å². The van der Waals surface area contributed by atoms with Crippen LogP contribution >= 0.6 is 23.1 Å². The number of nitrogens with zero attached hydrogens (tertiary/aromatic N) is 4. The molecular weight excluding hydrogens is 406 g/mol. The summed E-state index contributed by atoms with van der Waals surface area (Å²) in [6, 6.07) is 1.83. The molecule has 9 heteroatoms. The Morgan fingerprint density at radius 2 is 2.24 bits per heavy atom. The molecule has 0 aliphatic heterocycles. The van der Waals surface area contributed by atoms with Gasteiger partial charge in [0.1, 0.15) is 10.6 Å². The molecule has 0 radical (unpaired) electrons. The number of rotatable bonds is 5. The Labute approximate surface area is 177 Å². The number of thiophene rings is 1. The molecule has 0 saturated carbocycles. The first-order chi connectivity index (χ1) is 13.9. The van der Waals surface area contributed by atoms with Crippen LogP contribution in [0.25, 0.3) is 10.2 Å². The van der Waals surface area contributed by atoms with Gasteiger partial charge in [0, 0.05) is 24.5 Å². The van der Waals surface area contributed by atoms with Crippen LogP contribution in [0.4, 0.5) is 5.82 Å². The van der Waals surface area contributed by atoms with Crippen molar-refractivity contribution in [3.8, 4) is 0 Å². The third-order valence-corrected chi connectivity index (χ3v) is 7.42. The van der Waals surface area contributed by atoms with Crippen LogP contribution in [0.2, 0.25) is 0 Å². The predicted octanol–water partition coefficient (Wildman–Crippen LogP) is 3.38. The molecule has 3 aromatic rings. The number of fused-ring (bicyclic) bond motifs is 3. The van der Waals surface area contributed by atoms with Crippen molar-refractivity contribution in [2.24, 2.45) is 13.0 Å². The van der Waals surface area contributed by atoms with E-state index in [0.29, 0.717) is 23.4 Å². The highest BCUT2D eigenvalue weighted by atomic mass is 32.2. The number of carbonyl (C=O) groups excluding carboxylic acids is 1. The Bertz CT molecular complexity index is 1140. The van der Waals surface area contributed by atoms with E-state index < -0.39 is 0 Å². The zero-order valence-electron chi connectivity index (χ0n) is 17.1. The molecule has 1 aliphatic carbocycles. The molecule has 0 bridgehead atoms. The van der Waals surface area contributed by atoms with Crippen molar-refractivity contribution in [1.29, 1.82) is 0 Å². The van der Waals surface area contributed by atoms with Gasteiger partial charge in [0.2, 0.25) is 5.91 Å². The van der Waals surface area contributed by atoms with E-state index in [1.165, 1.54) is 22.2 Å². The fourth-order valence-electron chi connectivity index (χ4n) is 3.83. The van der Waals surface area contributed by atoms with Gasteiger partial charge in [-0.25, -0.2) is 4.98 Å². The number of hydrogen-bond donors (Lipinski definition) is 1. The maximum Gasteiger partial charge on any atom is 0.263 e. The van der Waals surface area contributed by atoms with Crippen molar-refractivity contribution in [2.45, 2.75) is 51.7 Å². The zero-order valence-corrected chi connectivity index (χ0v) is 18.7. The summed E-state index contributed by atoms with van der Waals surface area (Å²) in [6.45, 7) is 6.62. The molecule has 29 heavy (non-hydrogen) atoms. The van der Waals surface area contributed by atoms with E-state index in [2.05, 4.69) is 17.3 Å². The van der Waals surface area contributed by atoms with Gasteiger partial charge in [-0.1, -0.05) is 18.7 Å². The summed E-state index contributed by atoms with van der Waals surface area (Å²) in [7, 11) is 1.79. The molecule has 1 atom stereocenters. The quantitative estimate of drug-likeness (QED) is 0.495. The lowest BCUT2D eigenvalue weighted by atomic mass is 9.89. The molecule has 0 fully saturated rings. The van der Waals surface area contributed by atoms with Gasteiger partial charge in [0.15, 0.2) is 5.16 Å². The SMILES string of the molecule is CCn1c(SCC(=O)Nc2cc(C)nn2C)nc2sc3c(c2c1=O)CCC(C)C3. The number of aromatic nitrogens is 4. The number of nitrogens with one attached hydrogen (secondary N) is 1. The Morgan fingerprint density at radius 3 is 2.93 bits per heavy atom. The van der Waals surface area contributed by atoms with Crippen LogP contribution in [0.3, 0.4) is 0 Å². The second kappa shape index (κ2) is 7.95. The van der Waals surface area contributed by atoms with Crippen molar-refractivity contribution in [3.05, 3.63) is 32.6 Å². The minimum Gasteiger partial charge on any atom is -0.310 e. The Hall–Kier alpha value is -2.13. The first-order valence-corrected chi connectivity index (χ1v) is 11.7. The normalized spacial score (nSPS) is 16.2. The summed E-state index contributed by atoms with van der Waals surface area (Å²) in [6.07, 6.45) is 3.10. The minimum atomic E-state index is -0.144. The molecule has 1 amide bonds. The van der Waals surface area contributed by atoms with Crippen molar-refractivity contribution < 1.29 is 4.79 Å². The maximum atomic E-state index is 13.2. The van der Waals surface area contributed by atoms with Gasteiger partial charge in [-0.15, -0.1) is 11.3 Å². The number of thioether (sulfide) groups is 1. The minimum absolute atomic E-state index is 0.0229. The van der Waals surface area contributed by atoms with Crippen molar-refractivity contribution in [1.82, 2.24) is 19.3 Å². The van der Waals surface area contributed by atoms with E-state index in [0.717, 1.165) is 35.2 Å². The van der Waals surface area contributed by atoms with E-state index in [1.54, 1.807) is 27.6 Å². The molecule has 0 spiro atoms. The number of carbonyl (C=O) groups is 1. The first-order valence-electron chi connectivity index (χ1n) is 9.85. The van der Waals surface area contributed by atoms with Crippen LogP contribution in [-0.4, -0.2) is 31.0 Å². The first kappa shape index (κ1) is 20.2. The summed E-state index contributed by atoms with van der Waals surface area (Å²) < 4.78 is 3.33. The van der Waals surface area contributed by atoms with Crippen molar-refractivity contribution in [2.75, 3.05) is 11.1 Å². The highest BCUT2D eigenvalue weighted by molar-refractivity contribution is 7.99. The number of aryl methyl sites for hydroxylation is 3. The Balaban J connectivity index is 1.59. The standard InChI is InChI=1S/C20H25N5O2S2/c1-5-25-19(27)17-13-7-6-11(2)8-14(13)29-18(17)22-20(25)28-10-16(26)21-15-9-12(3)23-24(15)4/h9,11H,5-8,10H2,1-4H3,(H,21,26). The smallest absolute Gasteiger partial charge is 0.263 e. The molecule has 1 N–H and O–H groups in total. The van der Waals surface area contributed by atoms with E-state index in [1.807, 2.05) is 19.9 Å². The average Bonchev–Trinajstić information content (AvgIpc) is 3.18. The zero-order chi connectivity index (χ0) is 20.7. The summed E-state index contributed by atoms with van der Waals surface area (Å²) in [5.74, 6) is 1.35. The highest BCUT2D eigenvalue weighted by Crippen LogP contribution is 2.36. The Morgan fingerprint density at radius 1 is 1.45 bits per heavy atom. The van der Waals surface area contributed by atoms with E-state index in [9.17, 15) is 9.59 Å². The number of anilines is 1. The molecule has 1 unspecified atom stereocenters. The van der Waals surface area contributed by atoms with Crippen LogP contribution < -0.4 is 10.9 Å². The summed E-state index contributed by atoms with van der Waals surface area (Å²) in [5.41, 5.74) is 2.07. The lowest BCUT2D eigenvalue weighted by molar-refractivity contribution is -0.113. The summed E-state index contributed by atoms with van der Waals surface area (Å²) in [4.78, 5) is 32.5. The average molecular weight is 432 g/mol. The maximum absolute atomic E-state index is 13.2. The molecule has 1 aliphatic rings. The fraction of sp³-hybridized carbons (Fsp3) is 0.500. The van der Waals surface area contributed by atoms with Gasteiger partial charge in [0.05, 0.1) is 16.8 Å². The topological polar surface area (TPSA) is 81.8 Å². The van der Waals surface area contributed by atoms with Crippen LogP contribution in [-0.2, 0) is 31.2 Å². The predicted molar refractivity (Wildman–Crippen MR) is 118 cm³/mol. The van der Waals surface area contributed by atoms with Crippen LogP contribution in [0.1, 0.15) is 36.4 Å². The molecular formula is C20H25N5O2S2. The molecule has 7 nitrogen and oxygen atoms in total. The largest absolute Gasteiger partial charge is 0.310 e. The van der Waals surface area contributed by atoms with E-state index >= 15 is 0 Å². The number of amides is 1. The summed E-state index contributed by atoms with van der Waals surface area (Å²) in [5, 5.41) is 8.49. The van der Waals surface area contributed by atoms with Crippen LogP contribution in [0.5, 0.6) is 0 Å². The molecule has 0 saturated heterocycles. The Kier molecular flexibility index (Phi) is 5.52. The third-order valence-electron chi connectivity index (χ3n) is 5.30. The second-order valence-electron chi connectivity index (χ2n) is 7.61. The van der Waals surface area contributed by atoms with Crippen LogP contribution in [0, 0.1) is 12.8 Å². The molecule has 0 aromatic carbocycles. The van der Waals surface area contributed by atoms with Gasteiger partial charge in [0.25, 0.3) is 5.56 Å². The molecule has 154 valence electrons. The second-order valence-corrected chi connectivity index (χ2v) is 9.63. The van der Waals surface area contributed by atoms with Crippen molar-refractivity contribution >= 4 is 45.0 Å². The van der Waals surface area contributed by atoms with Gasteiger partial charge in [-0.2, -0.15) is 5.10 Å². The van der Waals surface area contributed by atoms with E-state index in [-0.39, 0.29) is 17.2 Å². The lowest BCUT2D eigenvalue weighted by Crippen LogP contribution is -2.24. The fourth-order valence-corrected chi connectivity index (χ4v) is 6.12. The van der Waals surface area contributed by atoms with Crippen LogP contribution in [0.15, 0.2) is 16.0 Å². The number of hydrogen-bond acceptors (Lipinski definition) is 6. The monoisotopic (exact) mass is 431 g/mol. The molecule has 4 rings (SSSR count). The van der Waals surface area contributed by atoms with Gasteiger partial charge < -0.3 is 5.32 Å². The lowest BCUT2D eigenvalue weighted by Gasteiger charge is -2.17. The molecule has 3 aromatic heterocycles. The van der Waals surface area contributed by atoms with Crippen molar-refractivity contribution in [3.63, 3.8) is 0 Å². The van der Waals surface area contributed by atoms with E-state index in [4.69, 9.17) is 4.98 Å². The third kappa shape index (κ3) is 3.85. The summed E-state index contributed by atoms with van der Waals surface area (Å²) >= 11 is 2.95. The molecule has 3 heterocycles. The highest BCUT2D eigenvalue weighted by Gasteiger charge is 2.24. The van der Waals surface area contributed by atoms with Gasteiger partial charge in [-0.05, 0) is 44.6 Å². The van der Waals surface area contributed by atoms with Gasteiger partial charge >= 0.3 is 0 Å².